The Morgan fingerprint density at radius 2 is 2.21 bits per heavy atom. The van der Waals surface area contributed by atoms with E-state index >= 15 is 0 Å². The molecule has 0 amide bonds. The van der Waals surface area contributed by atoms with Gasteiger partial charge in [-0.25, -0.2) is 13.8 Å². The zero-order valence-electron chi connectivity index (χ0n) is 6.98. The Morgan fingerprint density at radius 1 is 1.57 bits per heavy atom. The highest BCUT2D eigenvalue weighted by Gasteiger charge is 2.15. The number of aliphatic hydroxyl groups is 1. The van der Waals surface area contributed by atoms with Crippen LogP contribution in [-0.2, 0) is 11.9 Å². The van der Waals surface area contributed by atoms with Gasteiger partial charge in [0.05, 0.1) is 12.3 Å². The molecule has 1 aromatic heterocycles. The Labute approximate surface area is 102 Å². The van der Waals surface area contributed by atoms with Crippen LogP contribution in [0, 0.1) is 3.57 Å². The predicted octanol–water partition coefficient (Wildman–Crippen LogP) is 3.01. The van der Waals surface area contributed by atoms with Gasteiger partial charge in [0, 0.05) is 8.90 Å². The van der Waals surface area contributed by atoms with Gasteiger partial charge in [-0.3, -0.25) is 0 Å². The van der Waals surface area contributed by atoms with E-state index in [0.29, 0.717) is 14.6 Å². The second-order valence-corrected chi connectivity index (χ2v) is 4.27. The van der Waals surface area contributed by atoms with Gasteiger partial charge in [-0.2, -0.15) is 0 Å². The molecule has 1 aromatic rings. The maximum absolute atomic E-state index is 12.3. The van der Waals surface area contributed by atoms with Gasteiger partial charge in [-0.1, -0.05) is 15.9 Å². The minimum atomic E-state index is -2.60. The first-order valence-corrected chi connectivity index (χ1v) is 5.93. The van der Waals surface area contributed by atoms with Crippen LogP contribution in [0.4, 0.5) is 8.78 Å². The molecule has 1 heterocycles. The van der Waals surface area contributed by atoms with E-state index in [9.17, 15) is 8.78 Å². The fourth-order valence-electron chi connectivity index (χ4n) is 0.994. The van der Waals surface area contributed by atoms with E-state index in [0.717, 1.165) is 5.56 Å². The summed E-state index contributed by atoms with van der Waals surface area (Å²) in [5.74, 6) is 0. The average Bonchev–Trinajstić information content (AvgIpc) is 2.16. The van der Waals surface area contributed by atoms with Crippen molar-refractivity contribution in [1.82, 2.24) is 4.98 Å². The van der Waals surface area contributed by atoms with Crippen LogP contribution < -0.4 is 0 Å². The number of nitrogens with zero attached hydrogens (tertiary/aromatic N) is 1. The normalized spacial score (nSPS) is 11.0. The van der Waals surface area contributed by atoms with Crippen molar-refractivity contribution in [1.29, 1.82) is 0 Å². The zero-order chi connectivity index (χ0) is 10.7. The number of hydrogen-bond donors (Lipinski definition) is 1. The highest BCUT2D eigenvalue weighted by Crippen LogP contribution is 2.24. The number of aliphatic hydroxyl groups excluding tert-OH is 1. The number of alkyl halides is 3. The first-order valence-electron chi connectivity index (χ1n) is 3.73. The first-order chi connectivity index (χ1) is 6.60. The molecular formula is C8H7BrF2INO. The van der Waals surface area contributed by atoms with Gasteiger partial charge in [-0.05, 0) is 34.2 Å². The molecule has 14 heavy (non-hydrogen) atoms. The van der Waals surface area contributed by atoms with Crippen molar-refractivity contribution in [2.75, 3.05) is 0 Å². The number of aromatic nitrogens is 1. The summed E-state index contributed by atoms with van der Waals surface area (Å²) in [5, 5.41) is 9.45. The summed E-state index contributed by atoms with van der Waals surface area (Å²) in [7, 11) is 0. The summed E-state index contributed by atoms with van der Waals surface area (Å²) in [6.45, 7) is -0.322. The topological polar surface area (TPSA) is 33.1 Å². The molecule has 0 saturated heterocycles. The summed E-state index contributed by atoms with van der Waals surface area (Å²) in [5.41, 5.74) is 0.782. The summed E-state index contributed by atoms with van der Waals surface area (Å²) >= 11 is 5.17. The molecule has 0 fully saturated rings. The molecule has 2 nitrogen and oxygen atoms in total. The molecule has 0 aliphatic rings. The minimum absolute atomic E-state index is 0.289. The maximum Gasteiger partial charge on any atom is 0.280 e. The van der Waals surface area contributed by atoms with E-state index in [1.807, 2.05) is 22.6 Å². The van der Waals surface area contributed by atoms with E-state index in [1.54, 1.807) is 0 Å². The Morgan fingerprint density at radius 3 is 2.64 bits per heavy atom. The maximum atomic E-state index is 12.3. The van der Waals surface area contributed by atoms with Gasteiger partial charge in [0.25, 0.3) is 6.43 Å². The Balaban J connectivity index is 3.24. The van der Waals surface area contributed by atoms with Crippen LogP contribution in [0.25, 0.3) is 0 Å². The van der Waals surface area contributed by atoms with Crippen molar-refractivity contribution in [3.63, 3.8) is 0 Å². The third-order valence-corrected chi connectivity index (χ3v) is 3.21. The number of halogens is 4. The van der Waals surface area contributed by atoms with Crippen molar-refractivity contribution in [3.8, 4) is 0 Å². The second kappa shape index (κ2) is 5.32. The second-order valence-electron chi connectivity index (χ2n) is 2.55. The quantitative estimate of drug-likeness (QED) is 0.648. The van der Waals surface area contributed by atoms with Crippen LogP contribution in [-0.4, -0.2) is 10.1 Å². The van der Waals surface area contributed by atoms with E-state index < -0.39 is 6.43 Å². The Hall–Kier alpha value is 0.180. The fourth-order valence-corrected chi connectivity index (χ4v) is 2.96. The molecule has 0 aliphatic carbocycles. The minimum Gasteiger partial charge on any atom is -0.390 e. The highest BCUT2D eigenvalue weighted by molar-refractivity contribution is 14.1. The lowest BCUT2D eigenvalue weighted by molar-refractivity contribution is 0.145. The lowest BCUT2D eigenvalue weighted by atomic mass is 10.2. The molecule has 0 aliphatic heterocycles. The van der Waals surface area contributed by atoms with Crippen molar-refractivity contribution >= 4 is 38.5 Å². The van der Waals surface area contributed by atoms with E-state index in [-0.39, 0.29) is 12.3 Å². The lowest BCUT2D eigenvalue weighted by Gasteiger charge is -2.09. The van der Waals surface area contributed by atoms with Gasteiger partial charge in [0.1, 0.15) is 5.69 Å². The summed E-state index contributed by atoms with van der Waals surface area (Å²) in [6.07, 6.45) is -2.60. The van der Waals surface area contributed by atoms with Crippen molar-refractivity contribution in [2.45, 2.75) is 18.4 Å². The molecule has 0 bridgehead atoms. The lowest BCUT2D eigenvalue weighted by Crippen LogP contribution is -2.03. The van der Waals surface area contributed by atoms with Gasteiger partial charge < -0.3 is 5.11 Å². The van der Waals surface area contributed by atoms with Crippen molar-refractivity contribution in [2.24, 2.45) is 0 Å². The van der Waals surface area contributed by atoms with Gasteiger partial charge in [0.15, 0.2) is 0 Å². The molecule has 6 heteroatoms. The molecule has 0 spiro atoms. The predicted molar refractivity (Wildman–Crippen MR) is 60.5 cm³/mol. The monoisotopic (exact) mass is 377 g/mol. The van der Waals surface area contributed by atoms with Crippen molar-refractivity contribution < 1.29 is 13.9 Å². The standard InChI is InChI=1S/C8H7BrF2INO/c9-2-4-5(12)1-6(8(10)11)13-7(4)3-14/h1,8,14H,2-3H2. The van der Waals surface area contributed by atoms with Crippen LogP contribution >= 0.6 is 38.5 Å². The molecule has 0 saturated carbocycles. The molecule has 0 radical (unpaired) electrons. The molecule has 78 valence electrons. The third kappa shape index (κ3) is 2.60. The molecule has 1 rings (SSSR count). The van der Waals surface area contributed by atoms with Crippen LogP contribution in [0.15, 0.2) is 6.07 Å². The molecular weight excluding hydrogens is 371 g/mol. The Kier molecular flexibility index (Phi) is 4.65. The number of pyridine rings is 1. The van der Waals surface area contributed by atoms with E-state index in [1.165, 1.54) is 6.07 Å². The van der Waals surface area contributed by atoms with Crippen LogP contribution in [0.2, 0.25) is 0 Å². The molecule has 0 atom stereocenters. The largest absolute Gasteiger partial charge is 0.390 e. The zero-order valence-corrected chi connectivity index (χ0v) is 10.7. The van der Waals surface area contributed by atoms with Gasteiger partial charge in [-0.15, -0.1) is 0 Å². The number of hydrogen-bond acceptors (Lipinski definition) is 2. The Bertz CT molecular complexity index is 335. The smallest absolute Gasteiger partial charge is 0.280 e. The van der Waals surface area contributed by atoms with Crippen LogP contribution in [0.3, 0.4) is 0 Å². The fraction of sp³-hybridized carbons (Fsp3) is 0.375. The van der Waals surface area contributed by atoms with Crippen LogP contribution in [0.5, 0.6) is 0 Å². The van der Waals surface area contributed by atoms with Gasteiger partial charge >= 0.3 is 0 Å². The third-order valence-electron chi connectivity index (χ3n) is 1.68. The van der Waals surface area contributed by atoms with Crippen LogP contribution in [0.1, 0.15) is 23.4 Å². The summed E-state index contributed by atoms with van der Waals surface area (Å²) in [6, 6.07) is 1.33. The van der Waals surface area contributed by atoms with Gasteiger partial charge in [0.2, 0.25) is 0 Å². The highest BCUT2D eigenvalue weighted by atomic mass is 127. The average molecular weight is 378 g/mol. The van der Waals surface area contributed by atoms with E-state index in [2.05, 4.69) is 20.9 Å². The molecule has 0 unspecified atom stereocenters. The molecule has 0 aromatic carbocycles. The van der Waals surface area contributed by atoms with Crippen molar-refractivity contribution in [3.05, 3.63) is 26.6 Å². The SMILES string of the molecule is OCc1nc(C(F)F)cc(I)c1CBr. The van der Waals surface area contributed by atoms with E-state index in [4.69, 9.17) is 5.11 Å². The molecule has 1 N–H and O–H groups in total. The summed E-state index contributed by atoms with van der Waals surface area (Å²) in [4.78, 5) is 3.69. The first kappa shape index (κ1) is 12.3. The summed E-state index contributed by atoms with van der Waals surface area (Å²) < 4.78 is 25.4. The number of rotatable bonds is 3.